The molecule has 7 nitrogen and oxygen atoms in total. The summed E-state index contributed by atoms with van der Waals surface area (Å²) in [5, 5.41) is 12.7. The molecule has 9 heteroatoms. The average molecular weight is 448 g/mol. The van der Waals surface area contributed by atoms with Crippen LogP contribution in [0, 0.1) is 11.3 Å². The monoisotopic (exact) mass is 447 g/mol. The second-order valence-electron chi connectivity index (χ2n) is 7.09. The van der Waals surface area contributed by atoms with Gasteiger partial charge in [0, 0.05) is 22.4 Å². The van der Waals surface area contributed by atoms with E-state index in [2.05, 4.69) is 27.4 Å². The molecule has 3 aromatic rings. The molecule has 0 saturated heterocycles. The third-order valence-corrected chi connectivity index (χ3v) is 6.20. The number of benzene rings is 2. The van der Waals surface area contributed by atoms with Gasteiger partial charge in [0.15, 0.2) is 0 Å². The van der Waals surface area contributed by atoms with E-state index in [1.165, 1.54) is 0 Å². The van der Waals surface area contributed by atoms with Crippen LogP contribution in [0.5, 0.6) is 0 Å². The number of fused-ring (bicyclic) bond motifs is 2. The lowest BCUT2D eigenvalue weighted by Crippen LogP contribution is -2.12. The Balaban J connectivity index is 1.76. The molecule has 0 unspecified atom stereocenters. The summed E-state index contributed by atoms with van der Waals surface area (Å²) in [7, 11) is -3.69. The second kappa shape index (κ2) is 6.87. The summed E-state index contributed by atoms with van der Waals surface area (Å²) < 4.78 is 28.7. The number of halogens is 1. The van der Waals surface area contributed by atoms with Gasteiger partial charge in [-0.3, -0.25) is 9.44 Å². The van der Waals surface area contributed by atoms with Crippen molar-refractivity contribution in [3.05, 3.63) is 77.0 Å². The Labute approximate surface area is 183 Å². The van der Waals surface area contributed by atoms with E-state index in [9.17, 15) is 13.7 Å². The zero-order chi connectivity index (χ0) is 21.8. The normalized spacial score (nSPS) is 15.2. The Hall–Kier alpha value is -3.80. The maximum atomic E-state index is 11.9. The quantitative estimate of drug-likeness (QED) is 0.513. The van der Waals surface area contributed by atoms with Gasteiger partial charge in [-0.15, -0.1) is 0 Å². The Bertz CT molecular complexity index is 1470. The number of nitrogens with zero attached hydrogens (tertiary/aromatic N) is 2. The average Bonchev–Trinajstić information content (AvgIpc) is 3.07. The predicted octanol–water partition coefficient (Wildman–Crippen LogP) is 4.98. The van der Waals surface area contributed by atoms with E-state index >= 15 is 0 Å². The molecule has 0 spiro atoms. The minimum atomic E-state index is -3.69. The highest BCUT2D eigenvalue weighted by molar-refractivity contribution is 7.94. The highest BCUT2D eigenvalue weighted by Gasteiger charge is 2.26. The van der Waals surface area contributed by atoms with E-state index in [0.717, 1.165) is 16.7 Å². The van der Waals surface area contributed by atoms with Crippen molar-refractivity contribution in [2.24, 2.45) is 0 Å². The maximum Gasteiger partial charge on any atom is 0.321 e. The number of nitriles is 1. The lowest BCUT2D eigenvalue weighted by Gasteiger charge is -2.19. The van der Waals surface area contributed by atoms with Crippen molar-refractivity contribution in [1.29, 1.82) is 5.26 Å². The van der Waals surface area contributed by atoms with Crippen molar-refractivity contribution in [2.45, 2.75) is 0 Å². The van der Waals surface area contributed by atoms with E-state index < -0.39 is 10.2 Å². The Morgan fingerprint density at radius 2 is 1.90 bits per heavy atom. The first kappa shape index (κ1) is 19.2. The third-order valence-electron chi connectivity index (χ3n) is 4.94. The zero-order valence-electron chi connectivity index (χ0n) is 15.9. The zero-order valence-corrected chi connectivity index (χ0v) is 17.5. The van der Waals surface area contributed by atoms with E-state index in [-0.39, 0.29) is 5.02 Å². The summed E-state index contributed by atoms with van der Waals surface area (Å²) in [5.41, 5.74) is 5.52. The minimum Gasteiger partial charge on any atom is -0.340 e. The maximum absolute atomic E-state index is 11.9. The van der Waals surface area contributed by atoms with Gasteiger partial charge >= 0.3 is 10.2 Å². The number of anilines is 3. The van der Waals surface area contributed by atoms with Crippen LogP contribution in [0.15, 0.2) is 60.8 Å². The van der Waals surface area contributed by atoms with E-state index in [0.29, 0.717) is 39.7 Å². The highest BCUT2D eigenvalue weighted by Crippen LogP contribution is 2.43. The van der Waals surface area contributed by atoms with Crippen LogP contribution >= 0.6 is 11.6 Å². The first-order valence-electron chi connectivity index (χ1n) is 9.17. The molecule has 152 valence electrons. The Kier molecular flexibility index (Phi) is 4.25. The summed E-state index contributed by atoms with van der Waals surface area (Å²) >= 11 is 6.39. The van der Waals surface area contributed by atoms with Gasteiger partial charge in [-0.1, -0.05) is 30.3 Å². The van der Waals surface area contributed by atoms with Crippen molar-refractivity contribution in [2.75, 3.05) is 14.8 Å². The number of pyridine rings is 1. The van der Waals surface area contributed by atoms with Gasteiger partial charge < -0.3 is 5.32 Å². The fourth-order valence-corrected chi connectivity index (χ4v) is 4.88. The molecule has 3 N–H and O–H groups in total. The molecule has 2 aromatic carbocycles. The number of hydrogen-bond acceptors (Lipinski definition) is 5. The molecule has 0 saturated carbocycles. The van der Waals surface area contributed by atoms with Crippen LogP contribution in [-0.2, 0) is 10.2 Å². The van der Waals surface area contributed by atoms with E-state index in [4.69, 9.17) is 16.6 Å². The number of allylic oxidation sites excluding steroid dienone is 1. The lowest BCUT2D eigenvalue weighted by atomic mass is 9.95. The third kappa shape index (κ3) is 3.40. The molecule has 0 amide bonds. The molecular weight excluding hydrogens is 434 g/mol. The minimum absolute atomic E-state index is 0.262. The van der Waals surface area contributed by atoms with E-state index in [1.54, 1.807) is 30.3 Å². The molecule has 3 heterocycles. The number of nitrogens with one attached hydrogen (secondary N) is 3. The van der Waals surface area contributed by atoms with Gasteiger partial charge in [-0.2, -0.15) is 13.7 Å². The van der Waals surface area contributed by atoms with Gasteiger partial charge in [0.25, 0.3) is 0 Å². The van der Waals surface area contributed by atoms with Crippen LogP contribution in [0.1, 0.15) is 11.1 Å². The summed E-state index contributed by atoms with van der Waals surface area (Å²) in [6, 6.07) is 14.6. The van der Waals surface area contributed by atoms with Gasteiger partial charge in [0.1, 0.15) is 5.82 Å². The molecule has 5 rings (SSSR count). The SMILES string of the molecule is C=C1C=Cc2cc(-c3cc(Cl)c4c(c3)NS(=O)(=O)N4)c(-c3cccc(C#N)c3)nc2N1. The van der Waals surface area contributed by atoms with Gasteiger partial charge in [-0.25, -0.2) is 4.98 Å². The molecule has 0 radical (unpaired) electrons. The molecule has 2 aliphatic heterocycles. The summed E-state index contributed by atoms with van der Waals surface area (Å²) in [4.78, 5) is 4.81. The van der Waals surface area contributed by atoms with E-state index in [1.807, 2.05) is 24.3 Å². The molecule has 0 atom stereocenters. The first-order chi connectivity index (χ1) is 14.8. The van der Waals surface area contributed by atoms with Crippen molar-refractivity contribution >= 4 is 45.1 Å². The van der Waals surface area contributed by atoms with Crippen molar-refractivity contribution in [3.63, 3.8) is 0 Å². The van der Waals surface area contributed by atoms with Crippen LogP contribution in [0.25, 0.3) is 28.5 Å². The van der Waals surface area contributed by atoms with Crippen LogP contribution in [-0.4, -0.2) is 13.4 Å². The highest BCUT2D eigenvalue weighted by atomic mass is 35.5. The van der Waals surface area contributed by atoms with Crippen LogP contribution in [0.3, 0.4) is 0 Å². The topological polar surface area (TPSA) is 107 Å². The fourth-order valence-electron chi connectivity index (χ4n) is 3.57. The summed E-state index contributed by atoms with van der Waals surface area (Å²) in [6.45, 7) is 3.92. The number of rotatable bonds is 2. The van der Waals surface area contributed by atoms with Gasteiger partial charge in [0.05, 0.1) is 33.7 Å². The van der Waals surface area contributed by atoms with Crippen molar-refractivity contribution in [3.8, 4) is 28.5 Å². The first-order valence-corrected chi connectivity index (χ1v) is 11.0. The predicted molar refractivity (Wildman–Crippen MR) is 123 cm³/mol. The Morgan fingerprint density at radius 3 is 2.71 bits per heavy atom. The molecule has 2 aliphatic rings. The second-order valence-corrected chi connectivity index (χ2v) is 8.91. The number of hydrogen-bond donors (Lipinski definition) is 3. The summed E-state index contributed by atoms with van der Waals surface area (Å²) in [5.74, 6) is 0.642. The number of aromatic nitrogens is 1. The molecule has 0 bridgehead atoms. The van der Waals surface area contributed by atoms with Crippen molar-refractivity contribution in [1.82, 2.24) is 4.98 Å². The van der Waals surface area contributed by atoms with Crippen LogP contribution < -0.4 is 14.8 Å². The van der Waals surface area contributed by atoms with Crippen LogP contribution in [0.4, 0.5) is 17.2 Å². The Morgan fingerprint density at radius 1 is 1.06 bits per heavy atom. The summed E-state index contributed by atoms with van der Waals surface area (Å²) in [6.07, 6.45) is 3.75. The molecule has 31 heavy (non-hydrogen) atoms. The largest absolute Gasteiger partial charge is 0.340 e. The fraction of sp³-hybridized carbons (Fsp3) is 0. The molecular formula is C22H14ClN5O2S. The van der Waals surface area contributed by atoms with Crippen LogP contribution in [0.2, 0.25) is 5.02 Å². The molecule has 0 aliphatic carbocycles. The van der Waals surface area contributed by atoms with Crippen molar-refractivity contribution < 1.29 is 8.42 Å². The van der Waals surface area contributed by atoms with Gasteiger partial charge in [-0.05, 0) is 48.0 Å². The smallest absolute Gasteiger partial charge is 0.321 e. The molecule has 1 aromatic heterocycles. The lowest BCUT2D eigenvalue weighted by molar-refractivity contribution is 0.607. The standard InChI is InChI=1S/C22H14ClN5O2S/c1-12-5-6-15-8-17(16-9-18(23)21-19(10-16)27-31(29,30)28-21)20(26-22(15)25-12)14-4-2-3-13(7-14)11-24/h2-10,27-28H,1H2,(H,25,26). The molecule has 0 fully saturated rings. The van der Waals surface area contributed by atoms with Gasteiger partial charge in [0.2, 0.25) is 0 Å².